The molecular weight excluding hydrogens is 340 g/mol. The number of esters is 1. The number of amides is 4. The second-order valence-electron chi connectivity index (χ2n) is 5.67. The molecule has 0 saturated carbocycles. The molecule has 1 aromatic rings. The van der Waals surface area contributed by atoms with Crippen molar-refractivity contribution >= 4 is 29.5 Å². The van der Waals surface area contributed by atoms with E-state index in [-0.39, 0.29) is 18.7 Å². The summed E-state index contributed by atoms with van der Waals surface area (Å²) in [5, 5.41) is 7.43. The third kappa shape index (κ3) is 5.40. The number of benzene rings is 1. The van der Waals surface area contributed by atoms with E-state index in [0.717, 1.165) is 11.3 Å². The number of rotatable bonds is 6. The molecule has 0 aliphatic carbocycles. The van der Waals surface area contributed by atoms with E-state index in [2.05, 4.69) is 5.10 Å². The Labute approximate surface area is 150 Å². The molecular formula is C17H20N4O5. The first kappa shape index (κ1) is 19.1. The fraction of sp³-hybridized carbons (Fsp3) is 0.353. The first-order valence-electron chi connectivity index (χ1n) is 8.10. The number of hydrazone groups is 1. The number of nitrogens with two attached hydrogens (primary N) is 1. The Morgan fingerprint density at radius 2 is 1.92 bits per heavy atom. The summed E-state index contributed by atoms with van der Waals surface area (Å²) < 4.78 is 4.85. The number of urea groups is 1. The molecule has 0 radical (unpaired) electrons. The van der Waals surface area contributed by atoms with Crippen LogP contribution >= 0.6 is 0 Å². The van der Waals surface area contributed by atoms with Crippen molar-refractivity contribution in [3.8, 4) is 0 Å². The van der Waals surface area contributed by atoms with Crippen LogP contribution in [0.5, 0.6) is 0 Å². The highest BCUT2D eigenvalue weighted by Crippen LogP contribution is 2.15. The smallest absolute Gasteiger partial charge is 0.318 e. The molecule has 2 rings (SSSR count). The average Bonchev–Trinajstić information content (AvgIpc) is 3.10. The van der Waals surface area contributed by atoms with E-state index in [1.165, 1.54) is 11.9 Å². The molecule has 1 aliphatic heterocycles. The molecule has 4 amide bonds. The molecule has 1 atom stereocenters. The molecule has 0 spiro atoms. The van der Waals surface area contributed by atoms with Crippen molar-refractivity contribution in [2.24, 2.45) is 10.8 Å². The van der Waals surface area contributed by atoms with Crippen molar-refractivity contribution in [3.63, 3.8) is 0 Å². The van der Waals surface area contributed by atoms with Gasteiger partial charge in [0.15, 0.2) is 6.10 Å². The van der Waals surface area contributed by atoms with Crippen LogP contribution in [0, 0.1) is 0 Å². The summed E-state index contributed by atoms with van der Waals surface area (Å²) in [4.78, 5) is 45.9. The quantitative estimate of drug-likeness (QED) is 0.714. The van der Waals surface area contributed by atoms with Gasteiger partial charge in [0.2, 0.25) is 5.91 Å². The topological polar surface area (TPSA) is 131 Å². The standard InChI is InChI=1S/C17H20N4O5/c1-11(16(24)19-17(18)25)26-15(23)8-7-14(22)21-10-9-13(20-21)12-5-3-2-4-6-12/h2-6,11H,7-10H2,1H3,(H3,18,19,24,25)/t11-/m1/s1. The summed E-state index contributed by atoms with van der Waals surface area (Å²) in [5.74, 6) is -1.85. The number of ether oxygens (including phenoxy) is 1. The molecule has 0 saturated heterocycles. The van der Waals surface area contributed by atoms with Crippen LogP contribution in [-0.2, 0) is 19.1 Å². The van der Waals surface area contributed by atoms with Gasteiger partial charge in [0.25, 0.3) is 5.91 Å². The van der Waals surface area contributed by atoms with Crippen molar-refractivity contribution in [3.05, 3.63) is 35.9 Å². The van der Waals surface area contributed by atoms with E-state index in [4.69, 9.17) is 10.5 Å². The summed E-state index contributed by atoms with van der Waals surface area (Å²) in [5.41, 5.74) is 6.58. The maximum absolute atomic E-state index is 12.2. The Bertz CT molecular complexity index is 732. The Balaban J connectivity index is 1.80. The zero-order chi connectivity index (χ0) is 19.1. The first-order chi connectivity index (χ1) is 12.4. The third-order valence-corrected chi connectivity index (χ3v) is 3.66. The van der Waals surface area contributed by atoms with Gasteiger partial charge >= 0.3 is 12.0 Å². The minimum Gasteiger partial charge on any atom is -0.453 e. The van der Waals surface area contributed by atoms with Crippen LogP contribution in [0.25, 0.3) is 0 Å². The number of hydrogen-bond acceptors (Lipinski definition) is 6. The Morgan fingerprint density at radius 3 is 2.58 bits per heavy atom. The second-order valence-corrected chi connectivity index (χ2v) is 5.67. The summed E-state index contributed by atoms with van der Waals surface area (Å²) in [6.07, 6.45) is -0.821. The largest absolute Gasteiger partial charge is 0.453 e. The van der Waals surface area contributed by atoms with Gasteiger partial charge in [0.05, 0.1) is 18.7 Å². The van der Waals surface area contributed by atoms with Crippen molar-refractivity contribution in [1.82, 2.24) is 10.3 Å². The molecule has 1 aromatic carbocycles. The molecule has 1 heterocycles. The number of primary amides is 1. The molecule has 0 fully saturated rings. The molecule has 9 heteroatoms. The van der Waals surface area contributed by atoms with Crippen LogP contribution in [0.3, 0.4) is 0 Å². The number of carbonyl (C=O) groups excluding carboxylic acids is 4. The SMILES string of the molecule is C[C@@H](OC(=O)CCC(=O)N1CCC(c2ccccc2)=N1)C(=O)NC(N)=O. The molecule has 3 N–H and O–H groups in total. The van der Waals surface area contributed by atoms with Crippen LogP contribution in [0.15, 0.2) is 35.4 Å². The number of nitrogens with zero attached hydrogens (tertiary/aromatic N) is 2. The third-order valence-electron chi connectivity index (χ3n) is 3.66. The van der Waals surface area contributed by atoms with Gasteiger partial charge in [-0.2, -0.15) is 5.10 Å². The highest BCUT2D eigenvalue weighted by Gasteiger charge is 2.23. The summed E-state index contributed by atoms with van der Waals surface area (Å²) >= 11 is 0. The summed E-state index contributed by atoms with van der Waals surface area (Å²) in [7, 11) is 0. The average molecular weight is 360 g/mol. The van der Waals surface area contributed by atoms with Crippen molar-refractivity contribution in [2.75, 3.05) is 6.54 Å². The van der Waals surface area contributed by atoms with Crippen molar-refractivity contribution < 1.29 is 23.9 Å². The summed E-state index contributed by atoms with van der Waals surface area (Å²) in [6.45, 7) is 1.75. The van der Waals surface area contributed by atoms with Gasteiger partial charge in [0, 0.05) is 12.8 Å². The fourth-order valence-electron chi connectivity index (χ4n) is 2.34. The van der Waals surface area contributed by atoms with Gasteiger partial charge in [-0.25, -0.2) is 9.80 Å². The van der Waals surface area contributed by atoms with Crippen LogP contribution in [0.1, 0.15) is 31.7 Å². The Hall–Kier alpha value is -3.23. The lowest BCUT2D eigenvalue weighted by Gasteiger charge is -2.13. The van der Waals surface area contributed by atoms with Gasteiger partial charge in [0.1, 0.15) is 0 Å². The predicted molar refractivity (Wildman–Crippen MR) is 91.8 cm³/mol. The minimum absolute atomic E-state index is 0.0887. The number of hydrogen-bond donors (Lipinski definition) is 2. The lowest BCUT2D eigenvalue weighted by molar-refractivity contribution is -0.155. The van der Waals surface area contributed by atoms with Gasteiger partial charge in [-0.1, -0.05) is 30.3 Å². The Kier molecular flexibility index (Phi) is 6.42. The van der Waals surface area contributed by atoms with E-state index < -0.39 is 24.0 Å². The minimum atomic E-state index is -1.18. The van der Waals surface area contributed by atoms with E-state index >= 15 is 0 Å². The fourth-order valence-corrected chi connectivity index (χ4v) is 2.34. The molecule has 9 nitrogen and oxygen atoms in total. The molecule has 1 aliphatic rings. The van der Waals surface area contributed by atoms with Gasteiger partial charge in [-0.3, -0.25) is 19.7 Å². The molecule has 0 unspecified atom stereocenters. The summed E-state index contributed by atoms with van der Waals surface area (Å²) in [6, 6.07) is 8.50. The lowest BCUT2D eigenvalue weighted by Crippen LogP contribution is -2.42. The lowest BCUT2D eigenvalue weighted by atomic mass is 10.1. The number of imide groups is 1. The number of nitrogens with one attached hydrogen (secondary N) is 1. The van der Waals surface area contributed by atoms with Gasteiger partial charge in [-0.15, -0.1) is 0 Å². The van der Waals surface area contributed by atoms with Crippen LogP contribution in [0.4, 0.5) is 4.79 Å². The van der Waals surface area contributed by atoms with Gasteiger partial charge in [-0.05, 0) is 12.5 Å². The second kappa shape index (κ2) is 8.75. The normalized spacial score (nSPS) is 14.3. The van der Waals surface area contributed by atoms with Crippen molar-refractivity contribution in [1.29, 1.82) is 0 Å². The molecule has 26 heavy (non-hydrogen) atoms. The maximum atomic E-state index is 12.2. The highest BCUT2D eigenvalue weighted by atomic mass is 16.5. The van der Waals surface area contributed by atoms with E-state index in [9.17, 15) is 19.2 Å². The molecule has 0 aromatic heterocycles. The van der Waals surface area contributed by atoms with Crippen LogP contribution < -0.4 is 11.1 Å². The predicted octanol–water partition coefficient (Wildman–Crippen LogP) is 0.530. The molecule has 0 bridgehead atoms. The van der Waals surface area contributed by atoms with E-state index in [1.807, 2.05) is 35.6 Å². The zero-order valence-corrected chi connectivity index (χ0v) is 14.3. The van der Waals surface area contributed by atoms with Crippen LogP contribution in [-0.4, -0.2) is 47.2 Å². The van der Waals surface area contributed by atoms with E-state index in [0.29, 0.717) is 13.0 Å². The number of carbonyl (C=O) groups is 4. The van der Waals surface area contributed by atoms with Crippen molar-refractivity contribution in [2.45, 2.75) is 32.3 Å². The molecule has 138 valence electrons. The first-order valence-corrected chi connectivity index (χ1v) is 8.10. The maximum Gasteiger partial charge on any atom is 0.318 e. The Morgan fingerprint density at radius 1 is 1.23 bits per heavy atom. The zero-order valence-electron chi connectivity index (χ0n) is 14.3. The van der Waals surface area contributed by atoms with Crippen LogP contribution in [0.2, 0.25) is 0 Å². The highest BCUT2D eigenvalue weighted by molar-refractivity contribution is 6.02. The monoisotopic (exact) mass is 360 g/mol. The van der Waals surface area contributed by atoms with E-state index in [1.54, 1.807) is 0 Å². The van der Waals surface area contributed by atoms with Gasteiger partial charge < -0.3 is 10.5 Å².